The van der Waals surface area contributed by atoms with Crippen molar-refractivity contribution in [1.29, 1.82) is 0 Å². The van der Waals surface area contributed by atoms with Gasteiger partial charge >= 0.3 is 5.97 Å². The van der Waals surface area contributed by atoms with E-state index in [0.29, 0.717) is 11.1 Å². The van der Waals surface area contributed by atoms with Crippen LogP contribution in [0, 0.1) is 5.41 Å². The number of hydrogen-bond acceptors (Lipinski definition) is 1. The van der Waals surface area contributed by atoms with Crippen LogP contribution in [0.5, 0.6) is 0 Å². The zero-order valence-electron chi connectivity index (χ0n) is 14.9. The lowest BCUT2D eigenvalue weighted by molar-refractivity contribution is 0.0697. The fourth-order valence-corrected chi connectivity index (χ4v) is 3.58. The van der Waals surface area contributed by atoms with E-state index >= 15 is 0 Å². The maximum atomic E-state index is 14.9. The molecular weight excluding hydrogens is 303 g/mol. The first-order valence-electron chi connectivity index (χ1n) is 8.25. The molecule has 0 unspecified atom stereocenters. The molecule has 1 aromatic rings. The molecule has 2 nitrogen and oxygen atoms in total. The third-order valence-corrected chi connectivity index (χ3v) is 4.93. The number of aromatic carboxylic acids is 1. The van der Waals surface area contributed by atoms with E-state index in [2.05, 4.69) is 27.4 Å². The van der Waals surface area contributed by atoms with Gasteiger partial charge < -0.3 is 5.11 Å². The topological polar surface area (TPSA) is 37.3 Å². The van der Waals surface area contributed by atoms with E-state index in [4.69, 9.17) is 5.11 Å². The molecule has 1 aliphatic carbocycles. The first-order chi connectivity index (χ1) is 11.1. The Labute approximate surface area is 143 Å². The Morgan fingerprint density at radius 3 is 2.25 bits per heavy atom. The van der Waals surface area contributed by atoms with Crippen molar-refractivity contribution in [2.45, 2.75) is 47.0 Å². The minimum atomic E-state index is -1.02. The van der Waals surface area contributed by atoms with Gasteiger partial charge in [0.25, 0.3) is 0 Å². The van der Waals surface area contributed by atoms with Gasteiger partial charge in [-0.3, -0.25) is 0 Å². The van der Waals surface area contributed by atoms with Gasteiger partial charge in [-0.05, 0) is 67.4 Å². The molecule has 0 spiro atoms. The molecule has 0 aromatic heterocycles. The fraction of sp³-hybridized carbons (Fsp3) is 0.381. The second-order valence-electron chi connectivity index (χ2n) is 7.19. The predicted molar refractivity (Wildman–Crippen MR) is 96.6 cm³/mol. The highest BCUT2D eigenvalue weighted by Crippen LogP contribution is 2.45. The second kappa shape index (κ2) is 6.76. The lowest BCUT2D eigenvalue weighted by Crippen LogP contribution is -2.22. The Balaban J connectivity index is 2.41. The number of carboxylic acid groups (broad SMARTS) is 1. The van der Waals surface area contributed by atoms with Gasteiger partial charge in [-0.15, -0.1) is 0 Å². The summed E-state index contributed by atoms with van der Waals surface area (Å²) in [6.07, 6.45) is 3.25. The molecule has 0 amide bonds. The normalized spacial score (nSPS) is 18.2. The van der Waals surface area contributed by atoms with Crippen molar-refractivity contribution in [1.82, 2.24) is 0 Å². The molecule has 0 fully saturated rings. The summed E-state index contributed by atoms with van der Waals surface area (Å²) < 4.78 is 14.9. The van der Waals surface area contributed by atoms with E-state index in [1.165, 1.54) is 29.8 Å². The zero-order chi connectivity index (χ0) is 18.1. The van der Waals surface area contributed by atoms with Gasteiger partial charge in [0.2, 0.25) is 0 Å². The standard InChI is InChI=1S/C21H25FO2/c1-13-7-6-12-21(4,5)18(13)14(2)15(3)19(22)16-8-10-17(11-9-16)20(23)24/h8-11H,2,6-7,12H2,1,3-5H3,(H,23,24). The zero-order valence-corrected chi connectivity index (χ0v) is 14.9. The highest BCUT2D eigenvalue weighted by Gasteiger charge is 2.31. The van der Waals surface area contributed by atoms with Crippen LogP contribution in [0.3, 0.4) is 0 Å². The van der Waals surface area contributed by atoms with Crippen molar-refractivity contribution in [3.05, 3.63) is 64.3 Å². The van der Waals surface area contributed by atoms with Crippen LogP contribution in [0.4, 0.5) is 4.39 Å². The molecule has 1 N–H and O–H groups in total. The van der Waals surface area contributed by atoms with Gasteiger partial charge in [0.1, 0.15) is 5.83 Å². The molecule has 0 bridgehead atoms. The first-order valence-corrected chi connectivity index (χ1v) is 8.25. The molecule has 3 heteroatoms. The summed E-state index contributed by atoms with van der Waals surface area (Å²) in [4.78, 5) is 10.9. The molecule has 128 valence electrons. The molecule has 0 atom stereocenters. The first kappa shape index (κ1) is 18.2. The van der Waals surface area contributed by atoms with Crippen LogP contribution in [-0.2, 0) is 0 Å². The van der Waals surface area contributed by atoms with Crippen molar-refractivity contribution < 1.29 is 14.3 Å². The maximum Gasteiger partial charge on any atom is 0.335 e. The van der Waals surface area contributed by atoms with Crippen LogP contribution in [-0.4, -0.2) is 11.1 Å². The van der Waals surface area contributed by atoms with Crippen LogP contribution < -0.4 is 0 Å². The SMILES string of the molecule is C=C(C(C)=C(F)c1ccc(C(=O)O)cc1)C1=C(C)CCCC1(C)C. The molecule has 1 aromatic carbocycles. The van der Waals surface area contributed by atoms with Gasteiger partial charge in [0.05, 0.1) is 5.56 Å². The summed E-state index contributed by atoms with van der Waals surface area (Å²) in [6, 6.07) is 5.84. The van der Waals surface area contributed by atoms with Crippen LogP contribution >= 0.6 is 0 Å². The van der Waals surface area contributed by atoms with Crippen molar-refractivity contribution in [2.75, 3.05) is 0 Å². The number of allylic oxidation sites excluding steroid dienone is 4. The summed E-state index contributed by atoms with van der Waals surface area (Å²) >= 11 is 0. The molecule has 2 rings (SSSR count). The van der Waals surface area contributed by atoms with E-state index in [1.54, 1.807) is 6.92 Å². The third-order valence-electron chi connectivity index (χ3n) is 4.93. The van der Waals surface area contributed by atoms with Crippen LogP contribution in [0.2, 0.25) is 0 Å². The minimum absolute atomic E-state index is 0.00583. The number of hydrogen-bond donors (Lipinski definition) is 1. The van der Waals surface area contributed by atoms with Gasteiger partial charge in [0.15, 0.2) is 0 Å². The van der Waals surface area contributed by atoms with Gasteiger partial charge in [-0.1, -0.05) is 38.1 Å². The maximum absolute atomic E-state index is 14.9. The lowest BCUT2D eigenvalue weighted by Gasteiger charge is -2.36. The molecule has 0 aliphatic heterocycles. The Hall–Kier alpha value is -2.16. The monoisotopic (exact) mass is 328 g/mol. The lowest BCUT2D eigenvalue weighted by atomic mass is 9.69. The molecular formula is C21H25FO2. The van der Waals surface area contributed by atoms with Gasteiger partial charge in [-0.25, -0.2) is 9.18 Å². The number of carboxylic acids is 1. The average molecular weight is 328 g/mol. The highest BCUT2D eigenvalue weighted by molar-refractivity contribution is 5.88. The Morgan fingerprint density at radius 1 is 1.21 bits per heavy atom. The smallest absolute Gasteiger partial charge is 0.335 e. The number of halogens is 1. The molecule has 1 aliphatic rings. The summed E-state index contributed by atoms with van der Waals surface area (Å²) in [5.41, 5.74) is 4.22. The van der Waals surface area contributed by atoms with Crippen LogP contribution in [0.15, 0.2) is 53.1 Å². The summed E-state index contributed by atoms with van der Waals surface area (Å²) in [5, 5.41) is 8.94. The number of benzene rings is 1. The third kappa shape index (κ3) is 3.50. The molecule has 0 heterocycles. The highest BCUT2D eigenvalue weighted by atomic mass is 19.1. The Morgan fingerprint density at radius 2 is 1.75 bits per heavy atom. The summed E-state index contributed by atoms with van der Waals surface area (Å²) in [7, 11) is 0. The number of rotatable bonds is 4. The Kier molecular flexibility index (Phi) is 5.12. The summed E-state index contributed by atoms with van der Waals surface area (Å²) in [5.74, 6) is -1.37. The predicted octanol–water partition coefficient (Wildman–Crippen LogP) is 6.17. The fourth-order valence-electron chi connectivity index (χ4n) is 3.58. The molecule has 0 saturated heterocycles. The van der Waals surface area contributed by atoms with Crippen LogP contribution in [0.1, 0.15) is 62.9 Å². The van der Waals surface area contributed by atoms with Crippen LogP contribution in [0.25, 0.3) is 5.83 Å². The quantitative estimate of drug-likeness (QED) is 0.671. The van der Waals surface area contributed by atoms with E-state index in [0.717, 1.165) is 30.4 Å². The van der Waals surface area contributed by atoms with E-state index in [-0.39, 0.29) is 16.8 Å². The van der Waals surface area contributed by atoms with E-state index in [1.807, 2.05) is 0 Å². The van der Waals surface area contributed by atoms with E-state index in [9.17, 15) is 9.18 Å². The van der Waals surface area contributed by atoms with Crippen molar-refractivity contribution >= 4 is 11.8 Å². The van der Waals surface area contributed by atoms with Crippen molar-refractivity contribution in [2.24, 2.45) is 5.41 Å². The molecule has 0 saturated carbocycles. The van der Waals surface area contributed by atoms with Gasteiger partial charge in [0, 0.05) is 5.56 Å². The molecule has 24 heavy (non-hydrogen) atoms. The largest absolute Gasteiger partial charge is 0.478 e. The van der Waals surface area contributed by atoms with E-state index < -0.39 is 5.97 Å². The number of carbonyl (C=O) groups is 1. The Bertz CT molecular complexity index is 734. The minimum Gasteiger partial charge on any atom is -0.478 e. The van der Waals surface area contributed by atoms with Crippen molar-refractivity contribution in [3.8, 4) is 0 Å². The molecule has 0 radical (unpaired) electrons. The second-order valence-corrected chi connectivity index (χ2v) is 7.19. The average Bonchev–Trinajstić information content (AvgIpc) is 2.52. The van der Waals surface area contributed by atoms with Crippen molar-refractivity contribution in [3.63, 3.8) is 0 Å². The van der Waals surface area contributed by atoms with Gasteiger partial charge in [-0.2, -0.15) is 0 Å². The summed E-state index contributed by atoms with van der Waals surface area (Å²) in [6.45, 7) is 12.4.